The van der Waals surface area contributed by atoms with Crippen LogP contribution in [-0.2, 0) is 19.8 Å². The molecule has 1 aliphatic heterocycles. The van der Waals surface area contributed by atoms with E-state index >= 15 is 0 Å². The average Bonchev–Trinajstić information content (AvgIpc) is 3.70. The van der Waals surface area contributed by atoms with Crippen LogP contribution < -0.4 is 14.9 Å². The standard InChI is InChI=1S/C28H37FN4O4S/c1-19(2)25-18-32(25)38(36,37)30-17-26(34)33(23-14-9-11-21(29)16-23)27(24-15-8-7-10-20(24)3)28(35)31-22-12-5-4-6-13-22/h7-11,14-16,19,22,25,27,30H,4-6,12-13,17-18H2,1-3H3,(H,31,35)/t25-,27?,32?/m0/s1. The number of carbonyl (C=O) groups excluding carboxylic acids is 2. The van der Waals surface area contributed by atoms with E-state index in [0.717, 1.165) is 37.7 Å². The van der Waals surface area contributed by atoms with Crippen molar-refractivity contribution in [3.05, 3.63) is 65.5 Å². The fourth-order valence-electron chi connectivity index (χ4n) is 5.16. The maximum absolute atomic E-state index is 14.4. The van der Waals surface area contributed by atoms with E-state index < -0.39 is 34.5 Å². The highest BCUT2D eigenvalue weighted by Gasteiger charge is 2.46. The molecule has 2 aliphatic rings. The first-order valence-electron chi connectivity index (χ1n) is 13.3. The van der Waals surface area contributed by atoms with Crippen molar-refractivity contribution in [2.45, 2.75) is 71.0 Å². The highest BCUT2D eigenvalue weighted by molar-refractivity contribution is 7.87. The van der Waals surface area contributed by atoms with Gasteiger partial charge in [0.05, 0.1) is 6.54 Å². The molecule has 38 heavy (non-hydrogen) atoms. The molecule has 1 saturated heterocycles. The highest BCUT2D eigenvalue weighted by atomic mass is 32.2. The molecule has 2 aromatic carbocycles. The Morgan fingerprint density at radius 2 is 1.79 bits per heavy atom. The van der Waals surface area contributed by atoms with Crippen LogP contribution in [0.1, 0.15) is 63.1 Å². The maximum Gasteiger partial charge on any atom is 0.280 e. The number of rotatable bonds is 10. The van der Waals surface area contributed by atoms with Gasteiger partial charge in [0, 0.05) is 24.3 Å². The molecule has 1 heterocycles. The van der Waals surface area contributed by atoms with Gasteiger partial charge in [-0.25, -0.2) is 4.39 Å². The Kier molecular flexibility index (Phi) is 8.85. The van der Waals surface area contributed by atoms with Gasteiger partial charge in [-0.05, 0) is 55.0 Å². The molecule has 0 bridgehead atoms. The Labute approximate surface area is 224 Å². The van der Waals surface area contributed by atoms with Crippen LogP contribution in [0, 0.1) is 18.7 Å². The predicted octanol–water partition coefficient (Wildman–Crippen LogP) is 3.83. The summed E-state index contributed by atoms with van der Waals surface area (Å²) in [5, 5.41) is 3.11. The van der Waals surface area contributed by atoms with Crippen molar-refractivity contribution in [2.24, 2.45) is 5.92 Å². The number of nitrogens with one attached hydrogen (secondary N) is 2. The fourth-order valence-corrected chi connectivity index (χ4v) is 6.58. The molecule has 3 atom stereocenters. The van der Waals surface area contributed by atoms with Gasteiger partial charge in [-0.15, -0.1) is 0 Å². The van der Waals surface area contributed by atoms with Crippen molar-refractivity contribution >= 4 is 27.7 Å². The molecule has 10 heteroatoms. The normalized spacial score (nSPS) is 20.7. The molecular formula is C28H37FN4O4S. The van der Waals surface area contributed by atoms with Crippen molar-refractivity contribution in [3.63, 3.8) is 0 Å². The molecule has 0 aromatic heterocycles. The summed E-state index contributed by atoms with van der Waals surface area (Å²) < 4.78 is 43.7. The van der Waals surface area contributed by atoms with Gasteiger partial charge in [0.1, 0.15) is 11.9 Å². The molecule has 8 nitrogen and oxygen atoms in total. The van der Waals surface area contributed by atoms with Gasteiger partial charge < -0.3 is 5.32 Å². The van der Waals surface area contributed by atoms with Crippen molar-refractivity contribution in [1.29, 1.82) is 0 Å². The Hall–Kier alpha value is -2.82. The summed E-state index contributed by atoms with van der Waals surface area (Å²) in [6.07, 6.45) is 4.86. The van der Waals surface area contributed by atoms with Gasteiger partial charge in [0.25, 0.3) is 10.2 Å². The van der Waals surface area contributed by atoms with Crippen LogP contribution in [0.25, 0.3) is 0 Å². The molecule has 1 saturated carbocycles. The monoisotopic (exact) mass is 544 g/mol. The number of halogens is 1. The largest absolute Gasteiger partial charge is 0.351 e. The summed E-state index contributed by atoms with van der Waals surface area (Å²) >= 11 is 0. The molecule has 2 fully saturated rings. The lowest BCUT2D eigenvalue weighted by molar-refractivity contribution is -0.127. The van der Waals surface area contributed by atoms with Crippen molar-refractivity contribution in [3.8, 4) is 0 Å². The Bertz CT molecular complexity index is 1260. The van der Waals surface area contributed by atoms with E-state index in [1.54, 1.807) is 18.2 Å². The zero-order valence-electron chi connectivity index (χ0n) is 22.2. The second kappa shape index (κ2) is 11.9. The van der Waals surface area contributed by atoms with E-state index in [-0.39, 0.29) is 29.6 Å². The van der Waals surface area contributed by atoms with E-state index in [4.69, 9.17) is 0 Å². The predicted molar refractivity (Wildman–Crippen MR) is 145 cm³/mol. The lowest BCUT2D eigenvalue weighted by Crippen LogP contribution is -2.50. The molecule has 2 amide bonds. The van der Waals surface area contributed by atoms with E-state index in [9.17, 15) is 22.4 Å². The van der Waals surface area contributed by atoms with Crippen LogP contribution in [0.5, 0.6) is 0 Å². The number of carbonyl (C=O) groups is 2. The number of benzene rings is 2. The summed E-state index contributed by atoms with van der Waals surface area (Å²) in [4.78, 5) is 28.8. The first-order chi connectivity index (χ1) is 18.1. The minimum Gasteiger partial charge on any atom is -0.351 e. The topological polar surface area (TPSA) is 98.6 Å². The molecule has 1 aliphatic carbocycles. The van der Waals surface area contributed by atoms with E-state index in [0.29, 0.717) is 12.1 Å². The zero-order chi connectivity index (χ0) is 27.4. The number of hydrogen-bond acceptors (Lipinski definition) is 4. The molecule has 2 aromatic rings. The molecule has 0 spiro atoms. The first kappa shape index (κ1) is 28.2. The van der Waals surface area contributed by atoms with Crippen molar-refractivity contribution in [1.82, 2.24) is 14.3 Å². The molecule has 206 valence electrons. The number of nitrogens with zero attached hydrogens (tertiary/aromatic N) is 2. The van der Waals surface area contributed by atoms with Gasteiger partial charge in [-0.2, -0.15) is 17.4 Å². The van der Waals surface area contributed by atoms with E-state index in [2.05, 4.69) is 10.0 Å². The van der Waals surface area contributed by atoms with Crippen LogP contribution >= 0.6 is 0 Å². The first-order valence-corrected chi connectivity index (χ1v) is 14.7. The Morgan fingerprint density at radius 1 is 1.08 bits per heavy atom. The van der Waals surface area contributed by atoms with E-state index in [1.165, 1.54) is 27.4 Å². The minimum absolute atomic E-state index is 0.0126. The van der Waals surface area contributed by atoms with Gasteiger partial charge in [-0.3, -0.25) is 14.5 Å². The summed E-state index contributed by atoms with van der Waals surface area (Å²) in [5.74, 6) is -1.45. The minimum atomic E-state index is -3.88. The summed E-state index contributed by atoms with van der Waals surface area (Å²) in [7, 11) is -3.88. The number of hydrogen-bond donors (Lipinski definition) is 2. The number of anilines is 1. The SMILES string of the molecule is Cc1ccccc1C(C(=O)NC1CCCCC1)N(C(=O)CNS(=O)(=O)N1C[C@H]1C(C)C)c1cccc(F)c1. The van der Waals surface area contributed by atoms with Crippen LogP contribution in [0.15, 0.2) is 48.5 Å². The van der Waals surface area contributed by atoms with Crippen LogP contribution in [0.3, 0.4) is 0 Å². The third-order valence-electron chi connectivity index (χ3n) is 7.38. The third-order valence-corrected chi connectivity index (χ3v) is 8.93. The van der Waals surface area contributed by atoms with Gasteiger partial charge in [0.2, 0.25) is 11.8 Å². The zero-order valence-corrected chi connectivity index (χ0v) is 23.0. The van der Waals surface area contributed by atoms with Crippen molar-refractivity contribution < 1.29 is 22.4 Å². The molecule has 0 radical (unpaired) electrons. The van der Waals surface area contributed by atoms with Gasteiger partial charge in [-0.1, -0.05) is 63.4 Å². The molecule has 4 rings (SSSR count). The maximum atomic E-state index is 14.4. The van der Waals surface area contributed by atoms with Gasteiger partial charge in [0.15, 0.2) is 0 Å². The third kappa shape index (κ3) is 6.59. The second-order valence-corrected chi connectivity index (χ2v) is 12.3. The summed E-state index contributed by atoms with van der Waals surface area (Å²) in [5.41, 5.74) is 1.55. The van der Waals surface area contributed by atoms with Gasteiger partial charge >= 0.3 is 0 Å². The Morgan fingerprint density at radius 3 is 2.42 bits per heavy atom. The second-order valence-electron chi connectivity index (χ2n) is 10.6. The van der Waals surface area contributed by atoms with E-state index in [1.807, 2.05) is 32.9 Å². The fraction of sp³-hybridized carbons (Fsp3) is 0.500. The average molecular weight is 545 g/mol. The molecule has 2 N–H and O–H groups in total. The lowest BCUT2D eigenvalue weighted by Gasteiger charge is -2.34. The van der Waals surface area contributed by atoms with Crippen LogP contribution in [0.2, 0.25) is 0 Å². The highest BCUT2D eigenvalue weighted by Crippen LogP contribution is 2.32. The number of amides is 2. The molecular weight excluding hydrogens is 507 g/mol. The smallest absolute Gasteiger partial charge is 0.280 e. The summed E-state index contributed by atoms with van der Waals surface area (Å²) in [6, 6.07) is 11.5. The van der Waals surface area contributed by atoms with Crippen LogP contribution in [-0.4, -0.2) is 49.7 Å². The molecule has 2 unspecified atom stereocenters. The Balaban J connectivity index is 1.67. The van der Waals surface area contributed by atoms with Crippen LogP contribution in [0.4, 0.5) is 10.1 Å². The number of aryl methyl sites for hydroxylation is 1. The summed E-state index contributed by atoms with van der Waals surface area (Å²) in [6.45, 7) is 5.55. The quantitative estimate of drug-likeness (QED) is 0.444. The lowest BCUT2D eigenvalue weighted by atomic mass is 9.93. The van der Waals surface area contributed by atoms with Crippen molar-refractivity contribution in [2.75, 3.05) is 18.0 Å².